The number of alkyl halides is 3. The summed E-state index contributed by atoms with van der Waals surface area (Å²) in [5.74, 6) is -1.08. The zero-order valence-corrected chi connectivity index (χ0v) is 10.6. The molecule has 2 N–H and O–H groups in total. The largest absolute Gasteiger partial charge is 0.456 e. The molecule has 1 aromatic carbocycles. The molecule has 2 aromatic rings. The van der Waals surface area contributed by atoms with Crippen LogP contribution in [0.3, 0.4) is 0 Å². The van der Waals surface area contributed by atoms with Gasteiger partial charge in [0.2, 0.25) is 0 Å². The summed E-state index contributed by atoms with van der Waals surface area (Å²) in [6.07, 6.45) is -2.00. The zero-order chi connectivity index (χ0) is 15.5. The molecule has 0 radical (unpaired) electrons. The molecule has 1 heterocycles. The summed E-state index contributed by atoms with van der Waals surface area (Å²) in [7, 11) is 0. The molecular formula is C13H10F3N3O2. The first-order valence-electron chi connectivity index (χ1n) is 5.78. The summed E-state index contributed by atoms with van der Waals surface area (Å²) in [5, 5.41) is 0. The lowest BCUT2D eigenvalue weighted by Gasteiger charge is -2.12. The third kappa shape index (κ3) is 3.47. The van der Waals surface area contributed by atoms with Gasteiger partial charge in [0.15, 0.2) is 11.5 Å². The summed E-state index contributed by atoms with van der Waals surface area (Å²) in [4.78, 5) is 19.0. The molecule has 0 saturated carbocycles. The summed E-state index contributed by atoms with van der Waals surface area (Å²) in [5.41, 5.74) is 4.19. The van der Waals surface area contributed by atoms with Crippen LogP contribution in [0.2, 0.25) is 0 Å². The molecule has 0 bridgehead atoms. The van der Waals surface area contributed by atoms with E-state index in [1.807, 2.05) is 0 Å². The third-order valence-electron chi connectivity index (χ3n) is 2.60. The van der Waals surface area contributed by atoms with Gasteiger partial charge >= 0.3 is 12.1 Å². The molecule has 0 aliphatic carbocycles. The molecule has 0 aliphatic heterocycles. The van der Waals surface area contributed by atoms with Crippen molar-refractivity contribution in [1.29, 1.82) is 0 Å². The van der Waals surface area contributed by atoms with Crippen LogP contribution < -0.4 is 5.73 Å². The Kier molecular flexibility index (Phi) is 4.06. The maximum atomic E-state index is 12.8. The van der Waals surface area contributed by atoms with Gasteiger partial charge in [0, 0.05) is 18.0 Å². The van der Waals surface area contributed by atoms with Crippen molar-refractivity contribution in [2.45, 2.75) is 12.8 Å². The normalized spacial score (nSPS) is 11.2. The predicted molar refractivity (Wildman–Crippen MR) is 67.0 cm³/mol. The molecule has 1 aromatic heterocycles. The van der Waals surface area contributed by atoms with E-state index in [0.29, 0.717) is 0 Å². The number of nitrogens with two attached hydrogens (primary N) is 1. The molecule has 0 atom stereocenters. The quantitative estimate of drug-likeness (QED) is 0.880. The Bertz CT molecular complexity index is 659. The first-order chi connectivity index (χ1) is 9.89. The lowest BCUT2D eigenvalue weighted by atomic mass is 10.1. The van der Waals surface area contributed by atoms with Crippen LogP contribution >= 0.6 is 0 Å². The third-order valence-corrected chi connectivity index (χ3v) is 2.60. The lowest BCUT2D eigenvalue weighted by Crippen LogP contribution is -2.14. The first kappa shape index (κ1) is 14.8. The highest BCUT2D eigenvalue weighted by molar-refractivity contribution is 5.91. The first-order valence-corrected chi connectivity index (χ1v) is 5.78. The van der Waals surface area contributed by atoms with Crippen LogP contribution in [0.4, 0.5) is 19.0 Å². The summed E-state index contributed by atoms with van der Waals surface area (Å²) < 4.78 is 43.1. The van der Waals surface area contributed by atoms with Crippen molar-refractivity contribution in [3.8, 4) is 0 Å². The van der Waals surface area contributed by atoms with Crippen LogP contribution in [0.15, 0.2) is 36.7 Å². The molecular weight excluding hydrogens is 287 g/mol. The Morgan fingerprint density at radius 3 is 2.52 bits per heavy atom. The second-order valence-corrected chi connectivity index (χ2v) is 4.02. The molecule has 0 unspecified atom stereocenters. The van der Waals surface area contributed by atoms with Gasteiger partial charge in [-0.2, -0.15) is 13.2 Å². The number of rotatable bonds is 3. The van der Waals surface area contributed by atoms with E-state index in [9.17, 15) is 18.0 Å². The number of ether oxygens (including phenoxy) is 1. The van der Waals surface area contributed by atoms with E-state index >= 15 is 0 Å². The van der Waals surface area contributed by atoms with E-state index in [0.717, 1.165) is 6.07 Å². The van der Waals surface area contributed by atoms with Crippen LogP contribution in [0.1, 0.15) is 21.6 Å². The van der Waals surface area contributed by atoms with Gasteiger partial charge in [-0.3, -0.25) is 0 Å². The number of esters is 1. The topological polar surface area (TPSA) is 78.1 Å². The van der Waals surface area contributed by atoms with Gasteiger partial charge < -0.3 is 10.5 Å². The van der Waals surface area contributed by atoms with Gasteiger partial charge in [0.1, 0.15) is 6.61 Å². The SMILES string of the molecule is Nc1nccnc1C(=O)OCc1ccccc1C(F)(F)F. The van der Waals surface area contributed by atoms with E-state index in [1.165, 1.54) is 30.6 Å². The minimum atomic E-state index is -4.52. The van der Waals surface area contributed by atoms with Crippen LogP contribution in [0.25, 0.3) is 0 Å². The second-order valence-electron chi connectivity index (χ2n) is 4.02. The van der Waals surface area contributed by atoms with Crippen LogP contribution in [-0.2, 0) is 17.5 Å². The van der Waals surface area contributed by atoms with Gasteiger partial charge in [-0.15, -0.1) is 0 Å². The number of carbonyl (C=O) groups excluding carboxylic acids is 1. The molecule has 21 heavy (non-hydrogen) atoms. The number of anilines is 1. The Hall–Kier alpha value is -2.64. The molecule has 5 nitrogen and oxygen atoms in total. The highest BCUT2D eigenvalue weighted by atomic mass is 19.4. The molecule has 8 heteroatoms. The number of hydrogen-bond donors (Lipinski definition) is 1. The molecule has 2 rings (SSSR count). The van der Waals surface area contributed by atoms with Crippen molar-refractivity contribution in [2.24, 2.45) is 0 Å². The lowest BCUT2D eigenvalue weighted by molar-refractivity contribution is -0.138. The summed E-state index contributed by atoms with van der Waals surface area (Å²) in [6, 6.07) is 4.83. The fourth-order valence-electron chi connectivity index (χ4n) is 1.64. The zero-order valence-electron chi connectivity index (χ0n) is 10.6. The van der Waals surface area contributed by atoms with Crippen molar-refractivity contribution in [3.63, 3.8) is 0 Å². The Morgan fingerprint density at radius 1 is 1.19 bits per heavy atom. The summed E-state index contributed by atoms with van der Waals surface area (Å²) in [6.45, 7) is -0.537. The number of halogens is 3. The Labute approximate surface area is 117 Å². The van der Waals surface area contributed by atoms with Gasteiger partial charge in [0.25, 0.3) is 0 Å². The molecule has 0 amide bonds. The van der Waals surface area contributed by atoms with Crippen molar-refractivity contribution in [3.05, 3.63) is 53.5 Å². The van der Waals surface area contributed by atoms with Crippen molar-refractivity contribution in [1.82, 2.24) is 9.97 Å². The van der Waals surface area contributed by atoms with E-state index in [-0.39, 0.29) is 17.1 Å². The highest BCUT2D eigenvalue weighted by Gasteiger charge is 2.33. The summed E-state index contributed by atoms with van der Waals surface area (Å²) >= 11 is 0. The van der Waals surface area contributed by atoms with Crippen LogP contribution in [0, 0.1) is 0 Å². The molecule has 0 spiro atoms. The van der Waals surface area contributed by atoms with Gasteiger partial charge in [-0.25, -0.2) is 14.8 Å². The molecule has 0 saturated heterocycles. The van der Waals surface area contributed by atoms with E-state index in [4.69, 9.17) is 10.5 Å². The van der Waals surface area contributed by atoms with E-state index in [2.05, 4.69) is 9.97 Å². The number of benzene rings is 1. The number of nitrogen functional groups attached to an aromatic ring is 1. The van der Waals surface area contributed by atoms with E-state index < -0.39 is 24.3 Å². The van der Waals surface area contributed by atoms with Crippen molar-refractivity contribution in [2.75, 3.05) is 5.73 Å². The highest BCUT2D eigenvalue weighted by Crippen LogP contribution is 2.32. The average molecular weight is 297 g/mol. The fraction of sp³-hybridized carbons (Fsp3) is 0.154. The number of aromatic nitrogens is 2. The average Bonchev–Trinajstić information content (AvgIpc) is 2.44. The van der Waals surface area contributed by atoms with Gasteiger partial charge in [-0.05, 0) is 6.07 Å². The number of hydrogen-bond acceptors (Lipinski definition) is 5. The number of carbonyl (C=O) groups is 1. The standard InChI is InChI=1S/C13H10F3N3O2/c14-13(15,16)9-4-2-1-3-8(9)7-21-12(20)10-11(17)19-6-5-18-10/h1-6H,7H2,(H2,17,19). The van der Waals surface area contributed by atoms with Crippen molar-refractivity contribution < 1.29 is 22.7 Å². The van der Waals surface area contributed by atoms with Gasteiger partial charge in [0.05, 0.1) is 5.56 Å². The Balaban J connectivity index is 2.14. The maximum absolute atomic E-state index is 12.8. The van der Waals surface area contributed by atoms with E-state index in [1.54, 1.807) is 0 Å². The minimum Gasteiger partial charge on any atom is -0.456 e. The monoisotopic (exact) mass is 297 g/mol. The second kappa shape index (κ2) is 5.78. The molecule has 110 valence electrons. The fourth-order valence-corrected chi connectivity index (χ4v) is 1.64. The molecule has 0 fully saturated rings. The predicted octanol–water partition coefficient (Wildman–Crippen LogP) is 2.43. The van der Waals surface area contributed by atoms with Crippen LogP contribution in [-0.4, -0.2) is 15.9 Å². The Morgan fingerprint density at radius 2 is 1.86 bits per heavy atom. The van der Waals surface area contributed by atoms with Gasteiger partial charge in [-0.1, -0.05) is 18.2 Å². The maximum Gasteiger partial charge on any atom is 0.416 e. The minimum absolute atomic E-state index is 0.147. The molecule has 0 aliphatic rings. The van der Waals surface area contributed by atoms with Crippen LogP contribution in [0.5, 0.6) is 0 Å². The van der Waals surface area contributed by atoms with Crippen molar-refractivity contribution >= 4 is 11.8 Å². The smallest absolute Gasteiger partial charge is 0.416 e. The number of nitrogens with zero attached hydrogens (tertiary/aromatic N) is 2.